The second-order valence-corrected chi connectivity index (χ2v) is 6.98. The normalized spacial score (nSPS) is 28.6. The van der Waals surface area contributed by atoms with Gasteiger partial charge >= 0.3 is 0 Å². The molecule has 3 atom stereocenters. The third-order valence-electron chi connectivity index (χ3n) is 5.35. The number of likely N-dealkylation sites (tertiary alicyclic amines) is 1. The number of piperidine rings is 1. The number of nitrogens with zero attached hydrogens (tertiary/aromatic N) is 1. The summed E-state index contributed by atoms with van der Waals surface area (Å²) < 4.78 is 5.99. The van der Waals surface area contributed by atoms with Gasteiger partial charge in [0.2, 0.25) is 0 Å². The smallest absolute Gasteiger partial charge is 0.142 e. The summed E-state index contributed by atoms with van der Waals surface area (Å²) in [5, 5.41) is 3.52. The lowest BCUT2D eigenvalue weighted by atomic mass is 9.96. The van der Waals surface area contributed by atoms with E-state index in [1.807, 2.05) is 0 Å². The Bertz CT molecular complexity index is 492. The second kappa shape index (κ2) is 6.91. The van der Waals surface area contributed by atoms with Gasteiger partial charge in [-0.2, -0.15) is 0 Å². The molecule has 0 saturated carbocycles. The minimum atomic E-state index is 0.313. The highest BCUT2D eigenvalue weighted by molar-refractivity contribution is 5.59. The average Bonchev–Trinajstić information content (AvgIpc) is 2.53. The average molecular weight is 302 g/mol. The topological polar surface area (TPSA) is 24.5 Å². The van der Waals surface area contributed by atoms with Crippen LogP contribution in [0, 0.1) is 0 Å². The van der Waals surface area contributed by atoms with Gasteiger partial charge in [-0.1, -0.05) is 19.4 Å². The van der Waals surface area contributed by atoms with Crippen LogP contribution in [0.5, 0.6) is 5.75 Å². The van der Waals surface area contributed by atoms with Crippen LogP contribution in [0.15, 0.2) is 18.2 Å². The van der Waals surface area contributed by atoms with E-state index in [-0.39, 0.29) is 0 Å². The second-order valence-electron chi connectivity index (χ2n) is 6.98. The van der Waals surface area contributed by atoms with Gasteiger partial charge in [0.15, 0.2) is 0 Å². The third-order valence-corrected chi connectivity index (χ3v) is 5.35. The molecule has 22 heavy (non-hydrogen) atoms. The highest BCUT2D eigenvalue weighted by Gasteiger charge is 2.24. The van der Waals surface area contributed by atoms with Gasteiger partial charge in [-0.25, -0.2) is 0 Å². The van der Waals surface area contributed by atoms with E-state index in [2.05, 4.69) is 49.2 Å². The van der Waals surface area contributed by atoms with Crippen LogP contribution < -0.4 is 10.1 Å². The fraction of sp³-hybridized carbons (Fsp3) is 0.684. The van der Waals surface area contributed by atoms with Gasteiger partial charge in [-0.05, 0) is 57.2 Å². The minimum Gasteiger partial charge on any atom is -0.486 e. The monoisotopic (exact) mass is 302 g/mol. The van der Waals surface area contributed by atoms with Gasteiger partial charge in [0, 0.05) is 18.6 Å². The Morgan fingerprint density at radius 2 is 2.00 bits per heavy atom. The van der Waals surface area contributed by atoms with Gasteiger partial charge in [0.1, 0.15) is 11.9 Å². The first-order valence-electron chi connectivity index (χ1n) is 8.96. The van der Waals surface area contributed by atoms with Gasteiger partial charge in [-0.15, -0.1) is 0 Å². The molecule has 122 valence electrons. The van der Waals surface area contributed by atoms with E-state index in [0.29, 0.717) is 6.10 Å². The summed E-state index contributed by atoms with van der Waals surface area (Å²) >= 11 is 0. The van der Waals surface area contributed by atoms with Crippen LogP contribution in [-0.2, 0) is 6.42 Å². The van der Waals surface area contributed by atoms with Gasteiger partial charge in [0.05, 0.1) is 12.2 Å². The maximum absolute atomic E-state index is 5.99. The van der Waals surface area contributed by atoms with Crippen molar-refractivity contribution in [2.75, 3.05) is 18.4 Å². The Labute approximate surface area is 135 Å². The molecule has 2 aliphatic rings. The molecule has 2 heterocycles. The van der Waals surface area contributed by atoms with E-state index in [4.69, 9.17) is 4.74 Å². The van der Waals surface area contributed by atoms with E-state index >= 15 is 0 Å². The van der Waals surface area contributed by atoms with E-state index < -0.39 is 0 Å². The van der Waals surface area contributed by atoms with Crippen molar-refractivity contribution in [3.63, 3.8) is 0 Å². The molecule has 3 heteroatoms. The van der Waals surface area contributed by atoms with Crippen LogP contribution >= 0.6 is 0 Å². The molecular formula is C19H30N2O. The minimum absolute atomic E-state index is 0.313. The highest BCUT2D eigenvalue weighted by atomic mass is 16.5. The van der Waals surface area contributed by atoms with Crippen LogP contribution in [-0.4, -0.2) is 36.2 Å². The van der Waals surface area contributed by atoms with Crippen LogP contribution in [0.4, 0.5) is 5.69 Å². The summed E-state index contributed by atoms with van der Waals surface area (Å²) in [4.78, 5) is 2.68. The number of ether oxygens (including phenoxy) is 1. The van der Waals surface area contributed by atoms with Crippen molar-refractivity contribution >= 4 is 5.69 Å². The van der Waals surface area contributed by atoms with Crippen LogP contribution in [0.1, 0.15) is 52.0 Å². The standard InChI is InChI=1S/C19H30N2O/c1-4-17-13-20-18-12-16(8-9-19(18)22-17)10-11-21-14(2)6-5-7-15(21)3/h8-9,12,14-15,17,20H,4-7,10-11,13H2,1-3H3. The van der Waals surface area contributed by atoms with Crippen molar-refractivity contribution in [3.8, 4) is 5.75 Å². The Kier molecular flexibility index (Phi) is 4.92. The predicted octanol–water partition coefficient (Wildman–Crippen LogP) is 4.07. The number of anilines is 1. The number of hydrogen-bond donors (Lipinski definition) is 1. The van der Waals surface area contributed by atoms with Crippen molar-refractivity contribution in [1.29, 1.82) is 0 Å². The first kappa shape index (κ1) is 15.7. The summed E-state index contributed by atoms with van der Waals surface area (Å²) in [6.45, 7) is 9.02. The highest BCUT2D eigenvalue weighted by Crippen LogP contribution is 2.31. The first-order chi connectivity index (χ1) is 10.7. The molecule has 0 spiro atoms. The van der Waals surface area contributed by atoms with E-state index in [9.17, 15) is 0 Å². The molecule has 1 fully saturated rings. The van der Waals surface area contributed by atoms with Gasteiger partial charge in [0.25, 0.3) is 0 Å². The molecule has 1 N–H and O–H groups in total. The summed E-state index contributed by atoms with van der Waals surface area (Å²) in [6.07, 6.45) is 6.58. The number of fused-ring (bicyclic) bond motifs is 1. The fourth-order valence-electron chi connectivity index (χ4n) is 3.82. The molecule has 3 unspecified atom stereocenters. The molecule has 3 rings (SSSR count). The van der Waals surface area contributed by atoms with Crippen LogP contribution in [0.2, 0.25) is 0 Å². The predicted molar refractivity (Wildman–Crippen MR) is 92.8 cm³/mol. The zero-order valence-corrected chi connectivity index (χ0v) is 14.3. The fourth-order valence-corrected chi connectivity index (χ4v) is 3.82. The van der Waals surface area contributed by atoms with Crippen LogP contribution in [0.25, 0.3) is 0 Å². The number of hydrogen-bond acceptors (Lipinski definition) is 3. The lowest BCUT2D eigenvalue weighted by Gasteiger charge is -2.39. The lowest BCUT2D eigenvalue weighted by Crippen LogP contribution is -2.44. The van der Waals surface area contributed by atoms with Gasteiger partial charge in [-0.3, -0.25) is 4.90 Å². The van der Waals surface area contributed by atoms with Crippen molar-refractivity contribution in [1.82, 2.24) is 4.90 Å². The summed E-state index contributed by atoms with van der Waals surface area (Å²) in [6, 6.07) is 8.11. The third kappa shape index (κ3) is 3.40. The molecule has 1 saturated heterocycles. The molecule has 2 aliphatic heterocycles. The van der Waals surface area contributed by atoms with Crippen molar-refractivity contribution < 1.29 is 4.74 Å². The maximum atomic E-state index is 5.99. The Hall–Kier alpha value is -1.22. The van der Waals surface area contributed by atoms with Gasteiger partial charge < -0.3 is 10.1 Å². The zero-order chi connectivity index (χ0) is 15.5. The molecule has 0 aromatic heterocycles. The Balaban J connectivity index is 1.62. The Morgan fingerprint density at radius 1 is 1.23 bits per heavy atom. The molecule has 0 amide bonds. The zero-order valence-electron chi connectivity index (χ0n) is 14.3. The largest absolute Gasteiger partial charge is 0.486 e. The molecule has 0 aliphatic carbocycles. The summed E-state index contributed by atoms with van der Waals surface area (Å²) in [7, 11) is 0. The quantitative estimate of drug-likeness (QED) is 0.907. The summed E-state index contributed by atoms with van der Waals surface area (Å²) in [5.41, 5.74) is 2.58. The van der Waals surface area contributed by atoms with E-state index in [0.717, 1.165) is 37.2 Å². The van der Waals surface area contributed by atoms with Crippen molar-refractivity contribution in [3.05, 3.63) is 23.8 Å². The van der Waals surface area contributed by atoms with Crippen LogP contribution in [0.3, 0.4) is 0 Å². The first-order valence-corrected chi connectivity index (χ1v) is 8.96. The number of benzene rings is 1. The molecule has 3 nitrogen and oxygen atoms in total. The molecule has 0 bridgehead atoms. The molecule has 0 radical (unpaired) electrons. The van der Waals surface area contributed by atoms with Crippen molar-refractivity contribution in [2.24, 2.45) is 0 Å². The van der Waals surface area contributed by atoms with Crippen molar-refractivity contribution in [2.45, 2.75) is 71.1 Å². The number of rotatable bonds is 4. The van der Waals surface area contributed by atoms with E-state index in [1.165, 1.54) is 37.1 Å². The lowest BCUT2D eigenvalue weighted by molar-refractivity contribution is 0.105. The molecule has 1 aromatic rings. The summed E-state index contributed by atoms with van der Waals surface area (Å²) in [5.74, 6) is 1.02. The SMILES string of the molecule is CCC1CNc2cc(CCN3C(C)CCCC3C)ccc2O1. The Morgan fingerprint density at radius 3 is 2.73 bits per heavy atom. The van der Waals surface area contributed by atoms with E-state index in [1.54, 1.807) is 0 Å². The molecule has 1 aromatic carbocycles. The maximum Gasteiger partial charge on any atom is 0.142 e. The number of nitrogens with one attached hydrogen (secondary N) is 1. The molecular weight excluding hydrogens is 272 g/mol.